The first kappa shape index (κ1) is 14.7. The predicted molar refractivity (Wildman–Crippen MR) is 94.4 cm³/mol. The SMILES string of the molecule is CC(=O)c1cn(CC(=O)N2CCc3ccccc32)c2ccccc12. The third kappa shape index (κ3) is 2.31. The number of anilines is 1. The second-order valence-electron chi connectivity index (χ2n) is 6.17. The summed E-state index contributed by atoms with van der Waals surface area (Å²) in [4.78, 5) is 26.5. The molecular formula is C20H18N2O2. The molecule has 0 aliphatic carbocycles. The number of rotatable bonds is 3. The Morgan fingerprint density at radius 2 is 1.79 bits per heavy atom. The second kappa shape index (κ2) is 5.64. The number of benzene rings is 2. The minimum Gasteiger partial charge on any atom is -0.337 e. The lowest BCUT2D eigenvalue weighted by Gasteiger charge is -2.18. The Balaban J connectivity index is 1.68. The molecule has 4 rings (SSSR count). The molecule has 0 radical (unpaired) electrons. The number of para-hydroxylation sites is 2. The van der Waals surface area contributed by atoms with Gasteiger partial charge in [0.1, 0.15) is 6.54 Å². The smallest absolute Gasteiger partial charge is 0.246 e. The van der Waals surface area contributed by atoms with E-state index in [0.717, 1.165) is 29.6 Å². The number of amides is 1. The van der Waals surface area contributed by atoms with Crippen molar-refractivity contribution in [3.63, 3.8) is 0 Å². The Hall–Kier alpha value is -2.88. The van der Waals surface area contributed by atoms with Crippen LogP contribution in [0.2, 0.25) is 0 Å². The number of nitrogens with zero attached hydrogens (tertiary/aromatic N) is 2. The highest BCUT2D eigenvalue weighted by Gasteiger charge is 2.24. The highest BCUT2D eigenvalue weighted by molar-refractivity contribution is 6.07. The second-order valence-corrected chi connectivity index (χ2v) is 6.17. The standard InChI is InChI=1S/C20H18N2O2/c1-14(23)17-12-21(19-9-5-3-7-16(17)19)13-20(24)22-11-10-15-6-2-4-8-18(15)22/h2-9,12H,10-11,13H2,1H3. The summed E-state index contributed by atoms with van der Waals surface area (Å²) in [6.07, 6.45) is 2.69. The van der Waals surface area contributed by atoms with Crippen molar-refractivity contribution >= 4 is 28.3 Å². The van der Waals surface area contributed by atoms with E-state index in [1.165, 1.54) is 5.56 Å². The van der Waals surface area contributed by atoms with Crippen LogP contribution in [0.25, 0.3) is 10.9 Å². The van der Waals surface area contributed by atoms with Gasteiger partial charge in [-0.3, -0.25) is 9.59 Å². The summed E-state index contributed by atoms with van der Waals surface area (Å²) in [7, 11) is 0. The maximum absolute atomic E-state index is 12.8. The summed E-state index contributed by atoms with van der Waals surface area (Å²) in [5.41, 5.74) is 3.81. The van der Waals surface area contributed by atoms with Crippen molar-refractivity contribution < 1.29 is 9.59 Å². The van der Waals surface area contributed by atoms with Gasteiger partial charge in [0, 0.05) is 34.9 Å². The fourth-order valence-corrected chi connectivity index (χ4v) is 3.49. The zero-order chi connectivity index (χ0) is 16.7. The van der Waals surface area contributed by atoms with Gasteiger partial charge in [-0.2, -0.15) is 0 Å². The summed E-state index contributed by atoms with van der Waals surface area (Å²) in [6, 6.07) is 15.8. The molecule has 1 aliphatic heterocycles. The zero-order valence-electron chi connectivity index (χ0n) is 13.5. The molecule has 0 unspecified atom stereocenters. The van der Waals surface area contributed by atoms with Crippen LogP contribution in [-0.4, -0.2) is 22.8 Å². The first-order valence-corrected chi connectivity index (χ1v) is 8.12. The van der Waals surface area contributed by atoms with Crippen molar-refractivity contribution in [1.29, 1.82) is 0 Å². The summed E-state index contributed by atoms with van der Waals surface area (Å²) in [6.45, 7) is 2.52. The molecule has 120 valence electrons. The Morgan fingerprint density at radius 3 is 2.62 bits per heavy atom. The van der Waals surface area contributed by atoms with Gasteiger partial charge in [-0.25, -0.2) is 0 Å². The van der Waals surface area contributed by atoms with Gasteiger partial charge in [-0.1, -0.05) is 36.4 Å². The lowest BCUT2D eigenvalue weighted by atomic mass is 10.1. The Kier molecular flexibility index (Phi) is 3.45. The van der Waals surface area contributed by atoms with Gasteiger partial charge in [0.05, 0.1) is 0 Å². The third-order valence-electron chi connectivity index (χ3n) is 4.66. The van der Waals surface area contributed by atoms with Gasteiger partial charge in [-0.15, -0.1) is 0 Å². The summed E-state index contributed by atoms with van der Waals surface area (Å²) >= 11 is 0. The fourth-order valence-electron chi connectivity index (χ4n) is 3.49. The van der Waals surface area contributed by atoms with E-state index in [9.17, 15) is 9.59 Å². The lowest BCUT2D eigenvalue weighted by molar-refractivity contribution is -0.119. The number of carbonyl (C=O) groups excluding carboxylic acids is 2. The van der Waals surface area contributed by atoms with Crippen LogP contribution in [0, 0.1) is 0 Å². The third-order valence-corrected chi connectivity index (χ3v) is 4.66. The molecule has 3 aromatic rings. The fraction of sp³-hybridized carbons (Fsp3) is 0.200. The van der Waals surface area contributed by atoms with Crippen molar-refractivity contribution in [1.82, 2.24) is 4.57 Å². The molecule has 0 atom stereocenters. The average Bonchev–Trinajstić information content (AvgIpc) is 3.17. The predicted octanol–water partition coefficient (Wildman–Crippen LogP) is 3.43. The monoisotopic (exact) mass is 318 g/mol. The molecule has 4 nitrogen and oxygen atoms in total. The Morgan fingerprint density at radius 1 is 1.04 bits per heavy atom. The minimum atomic E-state index is 0.0175. The van der Waals surface area contributed by atoms with Crippen molar-refractivity contribution in [2.24, 2.45) is 0 Å². The van der Waals surface area contributed by atoms with Gasteiger partial charge >= 0.3 is 0 Å². The zero-order valence-corrected chi connectivity index (χ0v) is 13.5. The number of Topliss-reactive ketones (excluding diaryl/α,β-unsaturated/α-hetero) is 1. The number of fused-ring (bicyclic) bond motifs is 2. The lowest BCUT2D eigenvalue weighted by Crippen LogP contribution is -2.32. The van der Waals surface area contributed by atoms with Crippen molar-refractivity contribution in [3.05, 3.63) is 65.9 Å². The quantitative estimate of drug-likeness (QED) is 0.694. The molecule has 1 amide bonds. The van der Waals surface area contributed by atoms with E-state index in [2.05, 4.69) is 6.07 Å². The summed E-state index contributed by atoms with van der Waals surface area (Å²) in [5, 5.41) is 0.902. The van der Waals surface area contributed by atoms with E-state index in [1.54, 1.807) is 13.1 Å². The van der Waals surface area contributed by atoms with E-state index in [-0.39, 0.29) is 18.2 Å². The molecule has 4 heteroatoms. The molecule has 24 heavy (non-hydrogen) atoms. The molecule has 0 spiro atoms. The van der Waals surface area contributed by atoms with Gasteiger partial charge in [0.15, 0.2) is 5.78 Å². The van der Waals surface area contributed by atoms with Crippen LogP contribution in [0.5, 0.6) is 0 Å². The van der Waals surface area contributed by atoms with Gasteiger partial charge in [0.25, 0.3) is 0 Å². The molecule has 2 aromatic carbocycles. The van der Waals surface area contributed by atoms with Crippen LogP contribution in [0.3, 0.4) is 0 Å². The first-order valence-electron chi connectivity index (χ1n) is 8.12. The van der Waals surface area contributed by atoms with E-state index < -0.39 is 0 Å². The first-order chi connectivity index (χ1) is 11.6. The summed E-state index contributed by atoms with van der Waals surface area (Å²) in [5.74, 6) is 0.0692. The van der Waals surface area contributed by atoms with Crippen LogP contribution in [0.15, 0.2) is 54.7 Å². The summed E-state index contributed by atoms with van der Waals surface area (Å²) < 4.78 is 1.88. The molecule has 0 fully saturated rings. The van der Waals surface area contributed by atoms with Crippen LogP contribution in [0.1, 0.15) is 22.8 Å². The largest absolute Gasteiger partial charge is 0.337 e. The molecule has 0 N–H and O–H groups in total. The number of carbonyl (C=O) groups is 2. The van der Waals surface area contributed by atoms with Gasteiger partial charge in [0.2, 0.25) is 5.91 Å². The normalized spacial score (nSPS) is 13.3. The Bertz CT molecular complexity index is 955. The van der Waals surface area contributed by atoms with Gasteiger partial charge < -0.3 is 9.47 Å². The van der Waals surface area contributed by atoms with E-state index in [4.69, 9.17) is 0 Å². The topological polar surface area (TPSA) is 42.3 Å². The van der Waals surface area contributed by atoms with Crippen LogP contribution >= 0.6 is 0 Å². The molecule has 0 saturated carbocycles. The number of ketones is 1. The maximum Gasteiger partial charge on any atom is 0.246 e. The van der Waals surface area contributed by atoms with E-state index in [0.29, 0.717) is 5.56 Å². The van der Waals surface area contributed by atoms with Crippen molar-refractivity contribution in [3.8, 4) is 0 Å². The number of hydrogen-bond donors (Lipinski definition) is 0. The van der Waals surface area contributed by atoms with E-state index in [1.807, 2.05) is 51.9 Å². The van der Waals surface area contributed by atoms with Crippen molar-refractivity contribution in [2.45, 2.75) is 19.9 Å². The molecule has 1 aliphatic rings. The Labute approximate surface area is 140 Å². The minimum absolute atomic E-state index is 0.0175. The highest BCUT2D eigenvalue weighted by Crippen LogP contribution is 2.28. The maximum atomic E-state index is 12.8. The molecule has 1 aromatic heterocycles. The average molecular weight is 318 g/mol. The van der Waals surface area contributed by atoms with E-state index >= 15 is 0 Å². The molecule has 0 bridgehead atoms. The van der Waals surface area contributed by atoms with Gasteiger partial charge in [-0.05, 0) is 31.0 Å². The number of hydrogen-bond acceptors (Lipinski definition) is 2. The molecule has 0 saturated heterocycles. The van der Waals surface area contributed by atoms with Crippen molar-refractivity contribution in [2.75, 3.05) is 11.4 Å². The van der Waals surface area contributed by atoms with Crippen LogP contribution in [-0.2, 0) is 17.8 Å². The van der Waals surface area contributed by atoms with Crippen LogP contribution in [0.4, 0.5) is 5.69 Å². The molecular weight excluding hydrogens is 300 g/mol. The molecule has 2 heterocycles. The van der Waals surface area contributed by atoms with Crippen LogP contribution < -0.4 is 4.90 Å². The number of aromatic nitrogens is 1. The highest BCUT2D eigenvalue weighted by atomic mass is 16.2.